The number of hydrogen-bond acceptors (Lipinski definition) is 1. The molecule has 3 rings (SSSR count). The molecule has 0 aliphatic heterocycles. The van der Waals surface area contributed by atoms with Crippen LogP contribution in [0.3, 0.4) is 0 Å². The summed E-state index contributed by atoms with van der Waals surface area (Å²) in [5.41, 5.74) is 0.873. The Bertz CT molecular complexity index is 728. The van der Waals surface area contributed by atoms with Gasteiger partial charge in [0, 0.05) is 29.9 Å². The number of halogens is 4. The lowest BCUT2D eigenvalue weighted by Crippen LogP contribution is -2.34. The molecule has 2 nitrogen and oxygen atoms in total. The lowest BCUT2D eigenvalue weighted by Gasteiger charge is -2.22. The average Bonchev–Trinajstić information content (AvgIpc) is 2.71. The smallest absolute Gasteiger partial charge is 0.310 e. The minimum absolute atomic E-state index is 0.0277. The first-order valence-electron chi connectivity index (χ1n) is 6.39. The molecular weight excluding hydrogens is 286 g/mol. The normalized spacial score (nSPS) is 16.9. The van der Waals surface area contributed by atoms with Crippen molar-refractivity contribution < 1.29 is 22.4 Å². The van der Waals surface area contributed by atoms with Crippen molar-refractivity contribution in [3.05, 3.63) is 52.9 Å². The fourth-order valence-electron chi connectivity index (χ4n) is 2.72. The summed E-state index contributed by atoms with van der Waals surface area (Å²) in [5.74, 6) is -6.14. The number of Topliss-reactive ketones (excluding diaryl/α,β-unsaturated/α-hetero) is 1. The molecule has 0 saturated carbocycles. The summed E-state index contributed by atoms with van der Waals surface area (Å²) < 4.78 is 55.1. The van der Waals surface area contributed by atoms with Crippen LogP contribution in [-0.2, 0) is 6.42 Å². The summed E-state index contributed by atoms with van der Waals surface area (Å²) in [7, 11) is 0. The van der Waals surface area contributed by atoms with Crippen molar-refractivity contribution in [2.24, 2.45) is 0 Å². The maximum absolute atomic E-state index is 13.5. The number of nitrogens with zero attached hydrogens (tertiary/aromatic N) is 1. The fourth-order valence-corrected chi connectivity index (χ4v) is 2.72. The van der Waals surface area contributed by atoms with Gasteiger partial charge in [-0.05, 0) is 31.0 Å². The number of aryl methyl sites for hydroxylation is 1. The topological polar surface area (TPSA) is 22.0 Å². The van der Waals surface area contributed by atoms with Crippen molar-refractivity contribution in [2.75, 3.05) is 0 Å². The van der Waals surface area contributed by atoms with Gasteiger partial charge in [-0.2, -0.15) is 8.78 Å². The second-order valence-corrected chi connectivity index (χ2v) is 5.17. The Balaban J connectivity index is 2.20. The van der Waals surface area contributed by atoms with Gasteiger partial charge in [0.25, 0.3) is 0 Å². The summed E-state index contributed by atoms with van der Waals surface area (Å²) in [4.78, 5) is 11.8. The zero-order valence-electron chi connectivity index (χ0n) is 11.1. The van der Waals surface area contributed by atoms with Crippen LogP contribution in [-0.4, -0.2) is 16.3 Å². The molecule has 110 valence electrons. The summed E-state index contributed by atoms with van der Waals surface area (Å²) in [6.07, 6.45) is 0.832. The summed E-state index contributed by atoms with van der Waals surface area (Å²) in [6, 6.07) is 2.92. The zero-order chi connectivity index (χ0) is 15.4. The lowest BCUT2D eigenvalue weighted by atomic mass is 9.91. The molecule has 1 aromatic heterocycles. The van der Waals surface area contributed by atoms with Crippen molar-refractivity contribution in [1.29, 1.82) is 0 Å². The van der Waals surface area contributed by atoms with Gasteiger partial charge in [-0.1, -0.05) is 0 Å². The Morgan fingerprint density at radius 2 is 1.76 bits per heavy atom. The van der Waals surface area contributed by atoms with Gasteiger partial charge in [0.1, 0.15) is 11.6 Å². The van der Waals surface area contributed by atoms with Crippen LogP contribution in [0.25, 0.3) is 5.69 Å². The molecule has 0 bridgehead atoms. The van der Waals surface area contributed by atoms with Crippen molar-refractivity contribution in [2.45, 2.75) is 25.7 Å². The Morgan fingerprint density at radius 1 is 1.14 bits per heavy atom. The Labute approximate surface area is 118 Å². The number of ketones is 1. The third-order valence-electron chi connectivity index (χ3n) is 3.66. The number of alkyl halides is 2. The quantitative estimate of drug-likeness (QED) is 0.733. The van der Waals surface area contributed by atoms with E-state index in [9.17, 15) is 22.4 Å². The van der Waals surface area contributed by atoms with Gasteiger partial charge in [-0.25, -0.2) is 8.78 Å². The van der Waals surface area contributed by atoms with E-state index in [0.717, 1.165) is 18.2 Å². The Hall–Kier alpha value is -2.11. The van der Waals surface area contributed by atoms with E-state index in [4.69, 9.17) is 0 Å². The van der Waals surface area contributed by atoms with Crippen LogP contribution in [0, 0.1) is 18.6 Å². The Kier molecular flexibility index (Phi) is 2.93. The van der Waals surface area contributed by atoms with Crippen LogP contribution in [0.15, 0.2) is 24.4 Å². The largest absolute Gasteiger partial charge is 0.320 e. The number of benzene rings is 1. The molecule has 21 heavy (non-hydrogen) atoms. The van der Waals surface area contributed by atoms with E-state index in [1.165, 1.54) is 17.7 Å². The number of hydrogen-bond donors (Lipinski definition) is 0. The van der Waals surface area contributed by atoms with Gasteiger partial charge in [0.2, 0.25) is 5.78 Å². The molecule has 0 spiro atoms. The highest BCUT2D eigenvalue weighted by Gasteiger charge is 2.45. The molecule has 0 radical (unpaired) electrons. The number of fused-ring (bicyclic) bond motifs is 1. The molecule has 0 atom stereocenters. The van der Waals surface area contributed by atoms with Crippen molar-refractivity contribution in [1.82, 2.24) is 4.57 Å². The van der Waals surface area contributed by atoms with Crippen molar-refractivity contribution in [3.63, 3.8) is 0 Å². The monoisotopic (exact) mass is 297 g/mol. The average molecular weight is 297 g/mol. The summed E-state index contributed by atoms with van der Waals surface area (Å²) in [5, 5.41) is 0. The molecule has 0 saturated heterocycles. The second-order valence-electron chi connectivity index (χ2n) is 5.17. The first-order chi connectivity index (χ1) is 9.79. The summed E-state index contributed by atoms with van der Waals surface area (Å²) in [6.45, 7) is 1.53. The highest BCUT2D eigenvalue weighted by molar-refractivity contribution is 6.04. The van der Waals surface area contributed by atoms with E-state index in [1.807, 2.05) is 0 Å². The van der Waals surface area contributed by atoms with Crippen molar-refractivity contribution >= 4 is 5.78 Å². The second kappa shape index (κ2) is 4.44. The predicted octanol–water partition coefficient (Wildman–Crippen LogP) is 3.83. The van der Waals surface area contributed by atoms with Gasteiger partial charge in [0.15, 0.2) is 0 Å². The Morgan fingerprint density at radius 3 is 2.38 bits per heavy atom. The molecule has 1 aliphatic carbocycles. The molecule has 2 aromatic rings. The standard InChI is InChI=1S/C15H11F4NO/c1-8-7-20(11-5-9(16)4-10(17)6-11)12-2-3-15(18,19)14(21)13(8)12/h4-7H,2-3H2,1H3. The number of carbonyl (C=O) groups excluding carboxylic acids is 1. The van der Waals surface area contributed by atoms with E-state index >= 15 is 0 Å². The minimum atomic E-state index is -3.38. The van der Waals surface area contributed by atoms with Gasteiger partial charge in [0.05, 0.1) is 5.69 Å². The molecule has 6 heteroatoms. The van der Waals surface area contributed by atoms with Gasteiger partial charge >= 0.3 is 5.92 Å². The molecule has 0 amide bonds. The van der Waals surface area contributed by atoms with Crippen molar-refractivity contribution in [3.8, 4) is 5.69 Å². The number of rotatable bonds is 1. The molecule has 1 aromatic carbocycles. The molecule has 1 aliphatic rings. The first kappa shape index (κ1) is 13.9. The van der Waals surface area contributed by atoms with Gasteiger partial charge in [-0.3, -0.25) is 4.79 Å². The molecule has 0 unspecified atom stereocenters. The third kappa shape index (κ3) is 2.14. The zero-order valence-corrected chi connectivity index (χ0v) is 11.1. The van der Waals surface area contributed by atoms with Gasteiger partial charge < -0.3 is 4.57 Å². The van der Waals surface area contributed by atoms with Crippen LogP contribution >= 0.6 is 0 Å². The van der Waals surface area contributed by atoms with Crippen LogP contribution in [0.5, 0.6) is 0 Å². The van der Waals surface area contributed by atoms with Crippen LogP contribution < -0.4 is 0 Å². The van der Waals surface area contributed by atoms with Gasteiger partial charge in [-0.15, -0.1) is 0 Å². The van der Waals surface area contributed by atoms with E-state index in [2.05, 4.69) is 0 Å². The molecule has 0 N–H and O–H groups in total. The van der Waals surface area contributed by atoms with E-state index in [-0.39, 0.29) is 17.7 Å². The third-order valence-corrected chi connectivity index (χ3v) is 3.66. The minimum Gasteiger partial charge on any atom is -0.320 e. The first-order valence-corrected chi connectivity index (χ1v) is 6.39. The van der Waals surface area contributed by atoms with Crippen LogP contribution in [0.1, 0.15) is 28.0 Å². The predicted molar refractivity (Wildman–Crippen MR) is 68.0 cm³/mol. The highest BCUT2D eigenvalue weighted by atomic mass is 19.3. The molecule has 1 heterocycles. The maximum Gasteiger partial charge on any atom is 0.310 e. The van der Waals surface area contributed by atoms with E-state index < -0.39 is 29.8 Å². The summed E-state index contributed by atoms with van der Waals surface area (Å²) >= 11 is 0. The SMILES string of the molecule is Cc1cn(-c2cc(F)cc(F)c2)c2c1C(=O)C(F)(F)CC2. The van der Waals surface area contributed by atoms with E-state index in [0.29, 0.717) is 11.3 Å². The molecular formula is C15H11F4NO. The van der Waals surface area contributed by atoms with E-state index in [1.54, 1.807) is 0 Å². The lowest BCUT2D eigenvalue weighted by molar-refractivity contribution is 0.00167. The van der Waals surface area contributed by atoms with Crippen LogP contribution in [0.2, 0.25) is 0 Å². The van der Waals surface area contributed by atoms with Crippen LogP contribution in [0.4, 0.5) is 17.6 Å². The highest BCUT2D eigenvalue weighted by Crippen LogP contribution is 2.36. The molecule has 0 fully saturated rings. The maximum atomic E-state index is 13.5. The fraction of sp³-hybridized carbons (Fsp3) is 0.267. The number of carbonyl (C=O) groups is 1. The number of aromatic nitrogens is 1.